The maximum absolute atomic E-state index is 5.96. The lowest BCUT2D eigenvalue weighted by Crippen LogP contribution is -1.97. The third-order valence-electron chi connectivity index (χ3n) is 2.03. The molecule has 0 amide bonds. The van der Waals surface area contributed by atoms with Crippen molar-refractivity contribution in [2.24, 2.45) is 0 Å². The fourth-order valence-corrected chi connectivity index (χ4v) is 1.44. The van der Waals surface area contributed by atoms with E-state index in [0.29, 0.717) is 13.2 Å². The Balaban J connectivity index is 2.43. The highest BCUT2D eigenvalue weighted by Gasteiger charge is 2.11. The molecule has 0 radical (unpaired) electrons. The largest absolute Gasteiger partial charge is 0.490 e. The zero-order chi connectivity index (χ0) is 9.26. The van der Waals surface area contributed by atoms with E-state index in [9.17, 15) is 0 Å². The van der Waals surface area contributed by atoms with Gasteiger partial charge >= 0.3 is 0 Å². The molecular weight excluding hydrogens is 188 g/mol. The Bertz CT molecular complexity index is 292. The average molecular weight is 199 g/mol. The van der Waals surface area contributed by atoms with Gasteiger partial charge in [-0.15, -0.1) is 0 Å². The molecule has 0 fully saturated rings. The molecule has 0 atom stereocenters. The van der Waals surface area contributed by atoms with E-state index in [-0.39, 0.29) is 0 Å². The zero-order valence-corrected chi connectivity index (χ0v) is 8.23. The molecule has 3 heteroatoms. The molecule has 0 aromatic heterocycles. The molecule has 2 rings (SSSR count). The SMILES string of the molecule is Cc1cc2c(cc1Cl)OCCCO2. The number of halogens is 1. The number of aryl methyl sites for hydroxylation is 1. The number of rotatable bonds is 0. The van der Waals surface area contributed by atoms with Crippen molar-refractivity contribution < 1.29 is 9.47 Å². The summed E-state index contributed by atoms with van der Waals surface area (Å²) in [7, 11) is 0. The summed E-state index contributed by atoms with van der Waals surface area (Å²) in [6.45, 7) is 3.37. The van der Waals surface area contributed by atoms with Crippen molar-refractivity contribution in [2.45, 2.75) is 13.3 Å². The Morgan fingerprint density at radius 1 is 1.15 bits per heavy atom. The van der Waals surface area contributed by atoms with Gasteiger partial charge in [-0.25, -0.2) is 0 Å². The Kier molecular flexibility index (Phi) is 2.32. The first-order valence-electron chi connectivity index (χ1n) is 4.33. The molecule has 1 aliphatic heterocycles. The molecular formula is C10H11ClO2. The standard InChI is InChI=1S/C10H11ClO2/c1-7-5-9-10(6-8(7)11)13-4-2-3-12-9/h5-6H,2-4H2,1H3. The smallest absolute Gasteiger partial charge is 0.162 e. The molecule has 70 valence electrons. The topological polar surface area (TPSA) is 18.5 Å². The number of benzene rings is 1. The first-order valence-corrected chi connectivity index (χ1v) is 4.71. The number of hydrogen-bond acceptors (Lipinski definition) is 2. The van der Waals surface area contributed by atoms with Crippen LogP contribution >= 0.6 is 11.6 Å². The first kappa shape index (κ1) is 8.70. The molecule has 0 spiro atoms. The van der Waals surface area contributed by atoms with Crippen LogP contribution in [0.15, 0.2) is 12.1 Å². The van der Waals surface area contributed by atoms with E-state index in [0.717, 1.165) is 28.5 Å². The van der Waals surface area contributed by atoms with Crippen LogP contribution in [0.25, 0.3) is 0 Å². The molecule has 0 aliphatic carbocycles. The van der Waals surface area contributed by atoms with E-state index >= 15 is 0 Å². The molecule has 2 nitrogen and oxygen atoms in total. The van der Waals surface area contributed by atoms with Crippen LogP contribution < -0.4 is 9.47 Å². The van der Waals surface area contributed by atoms with Gasteiger partial charge in [0.05, 0.1) is 13.2 Å². The summed E-state index contributed by atoms with van der Waals surface area (Å²) in [4.78, 5) is 0. The van der Waals surface area contributed by atoms with Gasteiger partial charge in [0.1, 0.15) is 0 Å². The molecule has 0 saturated carbocycles. The van der Waals surface area contributed by atoms with Crippen molar-refractivity contribution in [1.29, 1.82) is 0 Å². The van der Waals surface area contributed by atoms with Gasteiger partial charge in [0.15, 0.2) is 11.5 Å². The van der Waals surface area contributed by atoms with Crippen LogP contribution in [0.3, 0.4) is 0 Å². The third kappa shape index (κ3) is 1.73. The Morgan fingerprint density at radius 2 is 1.77 bits per heavy atom. The van der Waals surface area contributed by atoms with E-state index in [1.165, 1.54) is 0 Å². The van der Waals surface area contributed by atoms with E-state index in [4.69, 9.17) is 21.1 Å². The fourth-order valence-electron chi connectivity index (χ4n) is 1.29. The van der Waals surface area contributed by atoms with Gasteiger partial charge in [0.25, 0.3) is 0 Å². The molecule has 0 N–H and O–H groups in total. The predicted octanol–water partition coefficient (Wildman–Crippen LogP) is 2.81. The van der Waals surface area contributed by atoms with Crippen LogP contribution in [0.5, 0.6) is 11.5 Å². The second kappa shape index (κ2) is 3.46. The lowest BCUT2D eigenvalue weighted by Gasteiger charge is -2.08. The van der Waals surface area contributed by atoms with Crippen molar-refractivity contribution in [1.82, 2.24) is 0 Å². The van der Waals surface area contributed by atoms with Crippen LogP contribution in [0, 0.1) is 6.92 Å². The van der Waals surface area contributed by atoms with E-state index in [1.807, 2.05) is 19.1 Å². The van der Waals surface area contributed by atoms with Crippen molar-refractivity contribution in [3.05, 3.63) is 22.7 Å². The van der Waals surface area contributed by atoms with Crippen LogP contribution in [-0.4, -0.2) is 13.2 Å². The molecule has 1 heterocycles. The predicted molar refractivity (Wildman–Crippen MR) is 51.8 cm³/mol. The summed E-state index contributed by atoms with van der Waals surface area (Å²) >= 11 is 5.96. The van der Waals surface area contributed by atoms with Crippen molar-refractivity contribution in [3.8, 4) is 11.5 Å². The number of hydrogen-bond donors (Lipinski definition) is 0. The summed E-state index contributed by atoms with van der Waals surface area (Å²) in [5.74, 6) is 1.56. The minimum Gasteiger partial charge on any atom is -0.490 e. The maximum atomic E-state index is 5.96. The molecule has 0 saturated heterocycles. The third-order valence-corrected chi connectivity index (χ3v) is 2.44. The summed E-state index contributed by atoms with van der Waals surface area (Å²) in [5.41, 5.74) is 1.02. The highest BCUT2D eigenvalue weighted by atomic mass is 35.5. The van der Waals surface area contributed by atoms with Gasteiger partial charge < -0.3 is 9.47 Å². The molecule has 1 aromatic carbocycles. The Hall–Kier alpha value is -0.890. The van der Waals surface area contributed by atoms with Crippen molar-refractivity contribution in [2.75, 3.05) is 13.2 Å². The zero-order valence-electron chi connectivity index (χ0n) is 7.47. The molecule has 13 heavy (non-hydrogen) atoms. The van der Waals surface area contributed by atoms with E-state index in [2.05, 4.69) is 0 Å². The maximum Gasteiger partial charge on any atom is 0.162 e. The Labute approximate surface area is 82.4 Å². The monoisotopic (exact) mass is 198 g/mol. The highest BCUT2D eigenvalue weighted by Crippen LogP contribution is 2.34. The van der Waals surface area contributed by atoms with Gasteiger partial charge in [-0.1, -0.05) is 11.6 Å². The van der Waals surface area contributed by atoms with Crippen LogP contribution in [0.4, 0.5) is 0 Å². The highest BCUT2D eigenvalue weighted by molar-refractivity contribution is 6.31. The van der Waals surface area contributed by atoms with Crippen molar-refractivity contribution >= 4 is 11.6 Å². The van der Waals surface area contributed by atoms with Gasteiger partial charge in [-0.3, -0.25) is 0 Å². The minimum absolute atomic E-state index is 0.701. The molecule has 1 aliphatic rings. The fraction of sp³-hybridized carbons (Fsp3) is 0.400. The normalized spacial score (nSPS) is 15.2. The quantitative estimate of drug-likeness (QED) is 0.638. The number of fused-ring (bicyclic) bond motifs is 1. The van der Waals surface area contributed by atoms with Crippen LogP contribution in [0.1, 0.15) is 12.0 Å². The van der Waals surface area contributed by atoms with Crippen LogP contribution in [0.2, 0.25) is 5.02 Å². The van der Waals surface area contributed by atoms with Crippen molar-refractivity contribution in [3.63, 3.8) is 0 Å². The van der Waals surface area contributed by atoms with E-state index in [1.54, 1.807) is 0 Å². The molecule has 1 aromatic rings. The minimum atomic E-state index is 0.701. The van der Waals surface area contributed by atoms with Gasteiger partial charge in [-0.05, 0) is 18.6 Å². The van der Waals surface area contributed by atoms with E-state index < -0.39 is 0 Å². The van der Waals surface area contributed by atoms with Gasteiger partial charge in [0, 0.05) is 17.5 Å². The summed E-state index contributed by atoms with van der Waals surface area (Å²) in [5, 5.41) is 0.726. The summed E-state index contributed by atoms with van der Waals surface area (Å²) in [6.07, 6.45) is 0.922. The van der Waals surface area contributed by atoms with Gasteiger partial charge in [0.2, 0.25) is 0 Å². The molecule has 0 bridgehead atoms. The second-order valence-electron chi connectivity index (χ2n) is 3.10. The summed E-state index contributed by atoms with van der Waals surface area (Å²) < 4.78 is 11.0. The van der Waals surface area contributed by atoms with Crippen LogP contribution in [-0.2, 0) is 0 Å². The average Bonchev–Trinajstić information content (AvgIpc) is 2.31. The first-order chi connectivity index (χ1) is 6.27. The van der Waals surface area contributed by atoms with Gasteiger partial charge in [-0.2, -0.15) is 0 Å². The molecule has 0 unspecified atom stereocenters. The summed E-state index contributed by atoms with van der Waals surface area (Å²) in [6, 6.07) is 3.74. The Morgan fingerprint density at radius 3 is 2.46 bits per heavy atom. The second-order valence-corrected chi connectivity index (χ2v) is 3.51. The number of ether oxygens (including phenoxy) is 2. The lowest BCUT2D eigenvalue weighted by molar-refractivity contribution is 0.297. The lowest BCUT2D eigenvalue weighted by atomic mass is 10.2.